The molecule has 0 N–H and O–H groups in total. The molecule has 0 aliphatic rings. The molecule has 0 spiro atoms. The third-order valence-electron chi connectivity index (χ3n) is 2.86. The third kappa shape index (κ3) is 3.15. The largest absolute Gasteiger partial charge is 0.464 e. The van der Waals surface area contributed by atoms with Crippen LogP contribution in [-0.4, -0.2) is 34.3 Å². The van der Waals surface area contributed by atoms with Crippen molar-refractivity contribution in [1.82, 2.24) is 9.55 Å². The molecule has 0 saturated carbocycles. The van der Waals surface area contributed by atoms with E-state index in [0.29, 0.717) is 4.57 Å². The highest BCUT2D eigenvalue weighted by molar-refractivity contribution is 5.90. The number of nitrogens with zero attached hydrogens (tertiary/aromatic N) is 2. The molecule has 0 unspecified atom stereocenters. The summed E-state index contributed by atoms with van der Waals surface area (Å²) in [7, 11) is 0.830. The minimum Gasteiger partial charge on any atom is -0.464 e. The molecule has 0 fully saturated rings. The topological polar surface area (TPSA) is 70.4 Å². The van der Waals surface area contributed by atoms with Crippen molar-refractivity contribution in [1.29, 1.82) is 0 Å². The number of aromatic nitrogens is 2. The van der Waals surface area contributed by atoms with Crippen molar-refractivity contribution in [3.05, 3.63) is 30.1 Å². The zero-order valence-electron chi connectivity index (χ0n) is 13.1. The van der Waals surface area contributed by atoms with Crippen LogP contribution in [0.4, 0.5) is 13.6 Å². The molecule has 0 amide bonds. The van der Waals surface area contributed by atoms with Crippen LogP contribution in [-0.2, 0) is 20.2 Å². The first-order valence-electron chi connectivity index (χ1n) is 6.75. The zero-order chi connectivity index (χ0) is 17.4. The van der Waals surface area contributed by atoms with E-state index in [-0.39, 0.29) is 11.0 Å². The number of methoxy groups -OCH3 is 1. The van der Waals surface area contributed by atoms with Gasteiger partial charge in [-0.2, -0.15) is 8.78 Å². The standard InChI is InChI=1S/C15H16F2N2O4/c1-14(2,3)23-13(21)19-10-8-6-5-7-9(10)18-11(19)15(16,17)12(20)22-4/h5-8H,1-4H3. The second kappa shape index (κ2) is 5.60. The number of alkyl halides is 2. The van der Waals surface area contributed by atoms with Crippen LogP contribution in [0.5, 0.6) is 0 Å². The Morgan fingerprint density at radius 1 is 1.17 bits per heavy atom. The van der Waals surface area contributed by atoms with Gasteiger partial charge >= 0.3 is 18.0 Å². The highest BCUT2D eigenvalue weighted by Crippen LogP contribution is 2.32. The summed E-state index contributed by atoms with van der Waals surface area (Å²) in [5.74, 6) is -6.94. The van der Waals surface area contributed by atoms with Gasteiger partial charge in [-0.15, -0.1) is 0 Å². The monoisotopic (exact) mass is 326 g/mol. The Kier molecular flexibility index (Phi) is 4.10. The normalized spacial score (nSPS) is 12.3. The fourth-order valence-electron chi connectivity index (χ4n) is 1.95. The van der Waals surface area contributed by atoms with Crippen LogP contribution < -0.4 is 0 Å². The van der Waals surface area contributed by atoms with Crippen molar-refractivity contribution < 1.29 is 27.8 Å². The number of fused-ring (bicyclic) bond motifs is 1. The quantitative estimate of drug-likeness (QED) is 0.793. The number of halogens is 2. The lowest BCUT2D eigenvalue weighted by Crippen LogP contribution is -2.35. The average Bonchev–Trinajstić information content (AvgIpc) is 2.84. The van der Waals surface area contributed by atoms with Gasteiger partial charge in [0.1, 0.15) is 5.60 Å². The molecule has 124 valence electrons. The number of carbonyl (C=O) groups is 2. The number of hydrogen-bond acceptors (Lipinski definition) is 5. The number of para-hydroxylation sites is 2. The van der Waals surface area contributed by atoms with Crippen molar-refractivity contribution in [2.75, 3.05) is 7.11 Å². The van der Waals surface area contributed by atoms with E-state index in [1.807, 2.05) is 0 Å². The van der Waals surface area contributed by atoms with Gasteiger partial charge in [-0.05, 0) is 32.9 Å². The molecule has 8 heteroatoms. The molecule has 2 aromatic rings. The van der Waals surface area contributed by atoms with Crippen molar-refractivity contribution >= 4 is 23.1 Å². The Bertz CT molecular complexity index is 762. The minimum absolute atomic E-state index is 0.111. The molecular formula is C15H16F2N2O4. The third-order valence-corrected chi connectivity index (χ3v) is 2.86. The molecule has 1 heterocycles. The number of hydrogen-bond donors (Lipinski definition) is 0. The smallest absolute Gasteiger partial charge is 0.420 e. The Labute approximate surface area is 131 Å². The Hall–Kier alpha value is -2.51. The summed E-state index contributed by atoms with van der Waals surface area (Å²) in [6, 6.07) is 6.02. The second-order valence-electron chi connectivity index (χ2n) is 5.81. The van der Waals surface area contributed by atoms with Gasteiger partial charge in [-0.25, -0.2) is 19.1 Å². The Morgan fingerprint density at radius 2 is 1.78 bits per heavy atom. The van der Waals surface area contributed by atoms with Crippen LogP contribution in [0, 0.1) is 0 Å². The van der Waals surface area contributed by atoms with E-state index in [1.165, 1.54) is 12.1 Å². The van der Waals surface area contributed by atoms with E-state index in [4.69, 9.17) is 4.74 Å². The molecule has 2 rings (SSSR count). The minimum atomic E-state index is -4.09. The van der Waals surface area contributed by atoms with Crippen molar-refractivity contribution in [2.24, 2.45) is 0 Å². The van der Waals surface area contributed by atoms with E-state index in [2.05, 4.69) is 9.72 Å². The van der Waals surface area contributed by atoms with Crippen LogP contribution in [0.3, 0.4) is 0 Å². The van der Waals surface area contributed by atoms with Gasteiger partial charge in [0.25, 0.3) is 0 Å². The van der Waals surface area contributed by atoms with Gasteiger partial charge in [0.05, 0.1) is 18.1 Å². The lowest BCUT2D eigenvalue weighted by molar-refractivity contribution is -0.171. The SMILES string of the molecule is COC(=O)C(F)(F)c1nc2ccccc2n1C(=O)OC(C)(C)C. The summed E-state index contributed by atoms with van der Waals surface area (Å²) in [6.45, 7) is 4.80. The predicted octanol–water partition coefficient (Wildman–Crippen LogP) is 3.08. The number of rotatable bonds is 2. The molecule has 1 aromatic heterocycles. The number of ether oxygens (including phenoxy) is 2. The molecule has 0 aliphatic carbocycles. The maximum atomic E-state index is 14.3. The van der Waals surface area contributed by atoms with Crippen LogP contribution >= 0.6 is 0 Å². The summed E-state index contributed by atoms with van der Waals surface area (Å²) in [4.78, 5) is 27.4. The van der Waals surface area contributed by atoms with Crippen molar-refractivity contribution in [2.45, 2.75) is 32.3 Å². The maximum absolute atomic E-state index is 14.3. The molecule has 0 atom stereocenters. The van der Waals surface area contributed by atoms with Crippen LogP contribution in [0.25, 0.3) is 11.0 Å². The number of imidazole rings is 1. The van der Waals surface area contributed by atoms with Gasteiger partial charge < -0.3 is 9.47 Å². The van der Waals surface area contributed by atoms with Gasteiger partial charge in [-0.3, -0.25) is 0 Å². The maximum Gasteiger partial charge on any atom is 0.420 e. The number of esters is 1. The van der Waals surface area contributed by atoms with Gasteiger partial charge in [0.15, 0.2) is 0 Å². The highest BCUT2D eigenvalue weighted by atomic mass is 19.3. The first-order chi connectivity index (χ1) is 10.6. The predicted molar refractivity (Wildman–Crippen MR) is 77.3 cm³/mol. The summed E-state index contributed by atoms with van der Waals surface area (Å²) in [5, 5.41) is 0. The molecule has 1 aromatic carbocycles. The lowest BCUT2D eigenvalue weighted by atomic mass is 10.2. The summed E-state index contributed by atoms with van der Waals surface area (Å²) >= 11 is 0. The summed E-state index contributed by atoms with van der Waals surface area (Å²) < 4.78 is 38.4. The Morgan fingerprint density at radius 3 is 2.35 bits per heavy atom. The van der Waals surface area contributed by atoms with Crippen LogP contribution in [0.1, 0.15) is 26.6 Å². The van der Waals surface area contributed by atoms with Crippen LogP contribution in [0.15, 0.2) is 24.3 Å². The van der Waals surface area contributed by atoms with Crippen LogP contribution in [0.2, 0.25) is 0 Å². The molecule has 0 radical (unpaired) electrons. The molecule has 23 heavy (non-hydrogen) atoms. The van der Waals surface area contributed by atoms with E-state index < -0.39 is 29.4 Å². The Balaban J connectivity index is 2.68. The first-order valence-corrected chi connectivity index (χ1v) is 6.75. The number of carbonyl (C=O) groups excluding carboxylic acids is 2. The second-order valence-corrected chi connectivity index (χ2v) is 5.81. The summed E-state index contributed by atoms with van der Waals surface area (Å²) in [6.07, 6.45) is -1.05. The number of benzene rings is 1. The van der Waals surface area contributed by atoms with Gasteiger partial charge in [-0.1, -0.05) is 12.1 Å². The molecule has 0 saturated heterocycles. The van der Waals surface area contributed by atoms with E-state index in [0.717, 1.165) is 7.11 Å². The fraction of sp³-hybridized carbons (Fsp3) is 0.400. The van der Waals surface area contributed by atoms with E-state index in [9.17, 15) is 18.4 Å². The molecule has 0 bridgehead atoms. The van der Waals surface area contributed by atoms with Gasteiger partial charge in [0.2, 0.25) is 5.82 Å². The van der Waals surface area contributed by atoms with E-state index in [1.54, 1.807) is 32.9 Å². The average molecular weight is 326 g/mol. The van der Waals surface area contributed by atoms with Crippen molar-refractivity contribution in [3.63, 3.8) is 0 Å². The molecular weight excluding hydrogens is 310 g/mol. The lowest BCUT2D eigenvalue weighted by Gasteiger charge is -2.21. The highest BCUT2D eigenvalue weighted by Gasteiger charge is 2.48. The zero-order valence-corrected chi connectivity index (χ0v) is 13.1. The fourth-order valence-corrected chi connectivity index (χ4v) is 1.95. The van der Waals surface area contributed by atoms with Gasteiger partial charge in [0, 0.05) is 0 Å². The first kappa shape index (κ1) is 16.9. The summed E-state index contributed by atoms with van der Waals surface area (Å²) in [5.41, 5.74) is -0.655. The van der Waals surface area contributed by atoms with Crippen molar-refractivity contribution in [3.8, 4) is 0 Å². The molecule has 0 aliphatic heterocycles. The van der Waals surface area contributed by atoms with E-state index >= 15 is 0 Å². The molecule has 6 nitrogen and oxygen atoms in total.